The van der Waals surface area contributed by atoms with Gasteiger partial charge in [0, 0.05) is 30.2 Å². The number of fused-ring (bicyclic) bond motifs is 1. The predicted molar refractivity (Wildman–Crippen MR) is 159 cm³/mol. The van der Waals surface area contributed by atoms with Crippen LogP contribution in [0, 0.1) is 0 Å². The summed E-state index contributed by atoms with van der Waals surface area (Å²) in [4.78, 5) is 22.0. The molecule has 3 heterocycles. The summed E-state index contributed by atoms with van der Waals surface area (Å²) >= 11 is 6.15. The fourth-order valence-electron chi connectivity index (χ4n) is 5.20. The van der Waals surface area contributed by atoms with Gasteiger partial charge in [-0.25, -0.2) is 4.99 Å². The van der Waals surface area contributed by atoms with Crippen molar-refractivity contribution in [2.45, 2.75) is 37.9 Å². The largest absolute Gasteiger partial charge is 0.497 e. The van der Waals surface area contributed by atoms with Crippen LogP contribution in [0.4, 0.5) is 13.2 Å². The summed E-state index contributed by atoms with van der Waals surface area (Å²) in [6.45, 7) is 2.49. The number of carboxylic acids is 1. The van der Waals surface area contributed by atoms with E-state index in [1.807, 2.05) is 35.5 Å². The predicted octanol–water partition coefficient (Wildman–Crippen LogP) is 5.36. The highest BCUT2D eigenvalue weighted by Gasteiger charge is 2.47. The van der Waals surface area contributed by atoms with Gasteiger partial charge in [-0.05, 0) is 59.9 Å². The average Bonchev–Trinajstić information content (AvgIpc) is 3.41. The van der Waals surface area contributed by atoms with E-state index in [9.17, 15) is 23.1 Å². The van der Waals surface area contributed by atoms with Gasteiger partial charge in [-0.2, -0.15) is 13.2 Å². The Bertz CT molecular complexity index is 1630. The third-order valence-electron chi connectivity index (χ3n) is 7.56. The van der Waals surface area contributed by atoms with Gasteiger partial charge < -0.3 is 20.5 Å². The molecule has 4 N–H and O–H groups in total. The third-order valence-corrected chi connectivity index (χ3v) is 7.91. The number of ether oxygens (including phenoxy) is 1. The normalized spacial score (nSPS) is 15.8. The molecule has 2 aromatic carbocycles. The van der Waals surface area contributed by atoms with Crippen LogP contribution in [0.25, 0.3) is 0 Å². The number of carboxylic acid groups (broad SMARTS) is 1. The molecule has 0 radical (unpaired) electrons. The first-order chi connectivity index (χ1) is 21.0. The van der Waals surface area contributed by atoms with E-state index in [4.69, 9.17) is 21.3 Å². The average molecular weight is 627 g/mol. The van der Waals surface area contributed by atoms with Gasteiger partial charge in [0.25, 0.3) is 0 Å². The second-order valence-electron chi connectivity index (χ2n) is 10.2. The first-order valence-corrected chi connectivity index (χ1v) is 14.1. The molecule has 5 rings (SSSR count). The molecule has 2 aliphatic rings. The first kappa shape index (κ1) is 30.7. The highest BCUT2D eigenvalue weighted by Crippen LogP contribution is 2.41. The number of benzene rings is 2. The maximum atomic E-state index is 13.1. The Labute approximate surface area is 257 Å². The number of hydrogen-bond acceptors (Lipinski definition) is 8. The number of halogens is 4. The molecule has 2 aliphatic heterocycles. The molecular weight excluding hydrogens is 597 g/mol. The number of hydrazine groups is 1. The molecule has 44 heavy (non-hydrogen) atoms. The first-order valence-electron chi connectivity index (χ1n) is 13.8. The second kappa shape index (κ2) is 12.5. The topological polar surface area (TPSA) is 111 Å². The van der Waals surface area contributed by atoms with Crippen LogP contribution in [0.5, 0.6) is 5.75 Å². The molecule has 0 amide bonds. The number of aromatic nitrogens is 1. The van der Waals surface area contributed by atoms with Gasteiger partial charge in [-0.3, -0.25) is 20.2 Å². The molecule has 9 nitrogen and oxygen atoms in total. The summed E-state index contributed by atoms with van der Waals surface area (Å²) in [6.07, 6.45) is 0.910. The smallest absolute Gasteiger partial charge is 0.416 e. The molecule has 0 fully saturated rings. The zero-order valence-corrected chi connectivity index (χ0v) is 24.6. The van der Waals surface area contributed by atoms with Crippen molar-refractivity contribution in [2.75, 3.05) is 13.7 Å². The molecule has 0 saturated heterocycles. The number of alkyl halides is 3. The van der Waals surface area contributed by atoms with Crippen LogP contribution < -0.4 is 20.8 Å². The summed E-state index contributed by atoms with van der Waals surface area (Å²) < 4.78 is 44.4. The summed E-state index contributed by atoms with van der Waals surface area (Å²) in [6, 6.07) is 14.2. The molecule has 0 saturated carbocycles. The standard InChI is InChI=1S/C31H30ClF3N6O3/c1-3-30(28(42)43,22-5-4-13-36-16-22)27-26-25(18-41(40-26)17-19-6-10-23(44-2)11-7-19)38-29(39-27)37-14-12-20-8-9-21(15-24(20)32)31(33,34)35/h4-11,13,15-16,18,40H,3,12,14,17H2,1-2H3,(H,42,43)(H2,37,38,39). The van der Waals surface area contributed by atoms with Crippen molar-refractivity contribution < 1.29 is 27.8 Å². The van der Waals surface area contributed by atoms with Crippen LogP contribution in [-0.4, -0.2) is 40.7 Å². The summed E-state index contributed by atoms with van der Waals surface area (Å²) in [7, 11) is 1.60. The zero-order chi connectivity index (χ0) is 31.5. The van der Waals surface area contributed by atoms with Crippen molar-refractivity contribution in [1.29, 1.82) is 0 Å². The van der Waals surface area contributed by atoms with Crippen molar-refractivity contribution in [3.8, 4) is 5.75 Å². The number of methoxy groups -OCH3 is 1. The van der Waals surface area contributed by atoms with E-state index in [2.05, 4.69) is 21.0 Å². The number of aliphatic imine (C=N–C) groups is 1. The minimum Gasteiger partial charge on any atom is -0.497 e. The lowest BCUT2D eigenvalue weighted by Gasteiger charge is -2.33. The number of hydrogen-bond donors (Lipinski definition) is 4. The summed E-state index contributed by atoms with van der Waals surface area (Å²) in [5, 5.41) is 18.9. The highest BCUT2D eigenvalue weighted by atomic mass is 35.5. The van der Waals surface area contributed by atoms with Gasteiger partial charge in [-0.15, -0.1) is 0 Å². The number of guanidine groups is 1. The lowest BCUT2D eigenvalue weighted by molar-refractivity contribution is -0.142. The van der Waals surface area contributed by atoms with Crippen LogP contribution in [0.3, 0.4) is 0 Å². The Morgan fingerprint density at radius 1 is 1.14 bits per heavy atom. The Kier molecular flexibility index (Phi) is 8.73. The van der Waals surface area contributed by atoms with Crippen LogP contribution in [0.1, 0.15) is 35.6 Å². The molecule has 13 heteroatoms. The number of rotatable bonds is 10. The monoisotopic (exact) mass is 626 g/mol. The SMILES string of the molecule is CCC(C(=O)O)(C1=C2NN(Cc3ccc(OC)cc3)C=C2NC(NCCc2ccc(C(F)(F)F)cc2Cl)=N1)c1cccnc1. The molecule has 1 unspecified atom stereocenters. The third kappa shape index (κ3) is 6.16. The van der Waals surface area contributed by atoms with Crippen LogP contribution in [-0.2, 0) is 29.4 Å². The summed E-state index contributed by atoms with van der Waals surface area (Å²) in [5.41, 5.74) is 4.30. The number of carbonyl (C=O) groups is 1. The highest BCUT2D eigenvalue weighted by molar-refractivity contribution is 6.31. The molecule has 0 bridgehead atoms. The van der Waals surface area contributed by atoms with Gasteiger partial charge in [0.1, 0.15) is 16.9 Å². The molecule has 3 aromatic rings. The Hall–Kier alpha value is -4.71. The number of nitrogens with one attached hydrogen (secondary N) is 3. The fourth-order valence-corrected chi connectivity index (χ4v) is 5.48. The van der Waals surface area contributed by atoms with Crippen LogP contribution in [0.15, 0.2) is 95.3 Å². The van der Waals surface area contributed by atoms with Crippen molar-refractivity contribution in [2.24, 2.45) is 4.99 Å². The zero-order valence-electron chi connectivity index (χ0n) is 23.9. The Morgan fingerprint density at radius 2 is 1.91 bits per heavy atom. The van der Waals surface area contributed by atoms with Crippen molar-refractivity contribution in [3.63, 3.8) is 0 Å². The summed E-state index contributed by atoms with van der Waals surface area (Å²) in [5.74, 6) is -0.0740. The Balaban J connectivity index is 1.45. The quantitative estimate of drug-likeness (QED) is 0.238. The molecule has 230 valence electrons. The van der Waals surface area contributed by atoms with E-state index in [1.54, 1.807) is 32.4 Å². The minimum absolute atomic E-state index is 0.00682. The van der Waals surface area contributed by atoms with E-state index < -0.39 is 23.1 Å². The maximum absolute atomic E-state index is 13.1. The molecule has 1 aromatic heterocycles. The lowest BCUT2D eigenvalue weighted by atomic mass is 9.74. The van der Waals surface area contributed by atoms with Crippen molar-refractivity contribution in [3.05, 3.63) is 118 Å². The van der Waals surface area contributed by atoms with Gasteiger partial charge >= 0.3 is 12.1 Å². The van der Waals surface area contributed by atoms with E-state index in [0.717, 1.165) is 23.4 Å². The number of nitrogens with zero attached hydrogens (tertiary/aromatic N) is 3. The molecule has 0 spiro atoms. The van der Waals surface area contributed by atoms with Gasteiger partial charge in [0.2, 0.25) is 5.96 Å². The van der Waals surface area contributed by atoms with Gasteiger partial charge in [0.05, 0.1) is 30.6 Å². The molecule has 1 atom stereocenters. The van der Waals surface area contributed by atoms with Crippen LogP contribution >= 0.6 is 11.6 Å². The van der Waals surface area contributed by atoms with E-state index in [0.29, 0.717) is 35.5 Å². The van der Waals surface area contributed by atoms with Gasteiger partial charge in [0.15, 0.2) is 0 Å². The van der Waals surface area contributed by atoms with E-state index in [-0.39, 0.29) is 29.6 Å². The van der Waals surface area contributed by atoms with E-state index >= 15 is 0 Å². The second-order valence-corrected chi connectivity index (χ2v) is 10.6. The number of pyridine rings is 1. The number of aliphatic carboxylic acids is 1. The van der Waals surface area contributed by atoms with Crippen molar-refractivity contribution >= 4 is 23.5 Å². The van der Waals surface area contributed by atoms with Crippen LogP contribution in [0.2, 0.25) is 5.02 Å². The van der Waals surface area contributed by atoms with E-state index in [1.165, 1.54) is 12.3 Å². The fraction of sp³-hybridized carbons (Fsp3) is 0.258. The molecular formula is C31H30ClF3N6O3. The maximum Gasteiger partial charge on any atom is 0.416 e. The van der Waals surface area contributed by atoms with Crippen molar-refractivity contribution in [1.82, 2.24) is 26.1 Å². The Morgan fingerprint density at radius 3 is 2.52 bits per heavy atom. The molecule has 0 aliphatic carbocycles. The van der Waals surface area contributed by atoms with Gasteiger partial charge in [-0.1, -0.05) is 42.8 Å². The lowest BCUT2D eigenvalue weighted by Crippen LogP contribution is -2.46. The minimum atomic E-state index is -4.49.